The normalized spacial score (nSPS) is 14.4. The third-order valence-corrected chi connectivity index (χ3v) is 7.79. The fourth-order valence-electron chi connectivity index (χ4n) is 4.48. The van der Waals surface area contributed by atoms with E-state index in [1.165, 1.54) is 4.31 Å². The van der Waals surface area contributed by atoms with Crippen LogP contribution in [0.15, 0.2) is 71.6 Å². The number of sulfonamides is 1. The van der Waals surface area contributed by atoms with Crippen LogP contribution in [0.1, 0.15) is 27.3 Å². The molecule has 0 saturated carbocycles. The van der Waals surface area contributed by atoms with Crippen molar-refractivity contribution in [3.05, 3.63) is 89.2 Å². The highest BCUT2D eigenvalue weighted by Crippen LogP contribution is 2.42. The molecular formula is C25H22N2O3S. The maximum Gasteiger partial charge on any atom is 0.265 e. The molecule has 156 valence electrons. The van der Waals surface area contributed by atoms with Gasteiger partial charge in [-0.3, -0.25) is 9.10 Å². The van der Waals surface area contributed by atoms with Gasteiger partial charge in [0.1, 0.15) is 0 Å². The van der Waals surface area contributed by atoms with Crippen molar-refractivity contribution in [3.8, 4) is 5.69 Å². The van der Waals surface area contributed by atoms with Gasteiger partial charge in [0.15, 0.2) is 5.78 Å². The first-order chi connectivity index (χ1) is 14.8. The topological polar surface area (TPSA) is 59.4 Å². The summed E-state index contributed by atoms with van der Waals surface area (Å²) in [4.78, 5) is 13.6. The summed E-state index contributed by atoms with van der Waals surface area (Å²) >= 11 is 0. The molecule has 1 aromatic heterocycles. The Morgan fingerprint density at radius 1 is 0.903 bits per heavy atom. The fraction of sp³-hybridized carbons (Fsp3) is 0.160. The molecule has 31 heavy (non-hydrogen) atoms. The summed E-state index contributed by atoms with van der Waals surface area (Å²) in [6, 6.07) is 20.6. The van der Waals surface area contributed by atoms with Crippen LogP contribution in [0.2, 0.25) is 0 Å². The van der Waals surface area contributed by atoms with Crippen molar-refractivity contribution >= 4 is 32.3 Å². The lowest BCUT2D eigenvalue weighted by molar-refractivity contribution is 0.100. The maximum absolute atomic E-state index is 13.3. The predicted octanol–water partition coefficient (Wildman–Crippen LogP) is 4.95. The van der Waals surface area contributed by atoms with Crippen LogP contribution in [0.25, 0.3) is 16.5 Å². The van der Waals surface area contributed by atoms with Gasteiger partial charge in [0.05, 0.1) is 17.1 Å². The zero-order chi connectivity index (χ0) is 21.9. The number of anilines is 1. The van der Waals surface area contributed by atoms with E-state index in [9.17, 15) is 13.2 Å². The second-order valence-corrected chi connectivity index (χ2v) is 9.85. The van der Waals surface area contributed by atoms with Gasteiger partial charge in [-0.05, 0) is 56.5 Å². The van der Waals surface area contributed by atoms with Gasteiger partial charge in [-0.1, -0.05) is 42.0 Å². The van der Waals surface area contributed by atoms with Crippen LogP contribution in [0.4, 0.5) is 5.69 Å². The Hall–Kier alpha value is -3.38. The van der Waals surface area contributed by atoms with Crippen molar-refractivity contribution < 1.29 is 13.2 Å². The zero-order valence-electron chi connectivity index (χ0n) is 17.6. The second-order valence-electron chi connectivity index (χ2n) is 8.02. The molecule has 0 bridgehead atoms. The smallest absolute Gasteiger partial charge is 0.265 e. The van der Waals surface area contributed by atoms with Crippen molar-refractivity contribution in [2.75, 3.05) is 10.8 Å². The predicted molar refractivity (Wildman–Crippen MR) is 123 cm³/mol. The number of hydrogen-bond acceptors (Lipinski definition) is 3. The fourth-order valence-corrected chi connectivity index (χ4v) is 6.15. The number of aromatic nitrogens is 1. The lowest BCUT2D eigenvalue weighted by Gasteiger charge is -2.18. The quantitative estimate of drug-likeness (QED) is 0.431. The Morgan fingerprint density at radius 2 is 1.58 bits per heavy atom. The molecule has 6 heteroatoms. The SMILES string of the molecule is Cc1ccc(-n2c(C)cc(C(=O)CN3c4cccc5cccc(c45)S3(=O)=O)c2C)cc1. The van der Waals surface area contributed by atoms with Gasteiger partial charge in [0.25, 0.3) is 10.0 Å². The number of aryl methyl sites for hydroxylation is 2. The van der Waals surface area contributed by atoms with E-state index in [2.05, 4.69) is 0 Å². The number of nitrogens with zero attached hydrogens (tertiary/aromatic N) is 2. The lowest BCUT2D eigenvalue weighted by Crippen LogP contribution is -2.33. The summed E-state index contributed by atoms with van der Waals surface area (Å²) in [6.45, 7) is 5.65. The average molecular weight is 431 g/mol. The van der Waals surface area contributed by atoms with Crippen LogP contribution in [0.5, 0.6) is 0 Å². The molecule has 0 unspecified atom stereocenters. The monoisotopic (exact) mass is 430 g/mol. The molecular weight excluding hydrogens is 408 g/mol. The van der Waals surface area contributed by atoms with E-state index >= 15 is 0 Å². The van der Waals surface area contributed by atoms with E-state index in [0.717, 1.165) is 28.0 Å². The molecule has 1 aliphatic rings. The van der Waals surface area contributed by atoms with Gasteiger partial charge in [0.2, 0.25) is 0 Å². The largest absolute Gasteiger partial charge is 0.318 e. The minimum atomic E-state index is -3.77. The molecule has 1 aliphatic heterocycles. The number of hydrogen-bond donors (Lipinski definition) is 0. The van der Waals surface area contributed by atoms with Gasteiger partial charge < -0.3 is 4.57 Å². The van der Waals surface area contributed by atoms with Crippen molar-refractivity contribution in [3.63, 3.8) is 0 Å². The molecule has 5 nitrogen and oxygen atoms in total. The van der Waals surface area contributed by atoms with Gasteiger partial charge in [-0.15, -0.1) is 0 Å². The van der Waals surface area contributed by atoms with Gasteiger partial charge in [-0.2, -0.15) is 0 Å². The summed E-state index contributed by atoms with van der Waals surface area (Å²) in [5.41, 5.74) is 4.98. The first-order valence-electron chi connectivity index (χ1n) is 10.1. The van der Waals surface area contributed by atoms with Crippen LogP contribution in [-0.2, 0) is 10.0 Å². The molecule has 0 radical (unpaired) electrons. The molecule has 0 spiro atoms. The highest BCUT2D eigenvalue weighted by Gasteiger charge is 2.37. The number of carbonyl (C=O) groups is 1. The third-order valence-electron chi connectivity index (χ3n) is 5.99. The van der Waals surface area contributed by atoms with E-state index in [1.54, 1.807) is 18.2 Å². The minimum Gasteiger partial charge on any atom is -0.318 e. The Balaban J connectivity index is 1.54. The van der Waals surface area contributed by atoms with Crippen molar-refractivity contribution in [1.82, 2.24) is 4.57 Å². The number of ketones is 1. The van der Waals surface area contributed by atoms with E-state index in [-0.39, 0.29) is 17.2 Å². The summed E-state index contributed by atoms with van der Waals surface area (Å²) in [5.74, 6) is -0.222. The highest BCUT2D eigenvalue weighted by atomic mass is 32.2. The summed E-state index contributed by atoms with van der Waals surface area (Å²) in [6.07, 6.45) is 0. The molecule has 0 saturated heterocycles. The van der Waals surface area contributed by atoms with Crippen molar-refractivity contribution in [2.45, 2.75) is 25.7 Å². The molecule has 0 N–H and O–H groups in total. The minimum absolute atomic E-state index is 0.222. The Bertz CT molecular complexity index is 1460. The number of Topliss-reactive ketones (excluding diaryl/α,β-unsaturated/α-hetero) is 1. The van der Waals surface area contributed by atoms with Gasteiger partial charge >= 0.3 is 0 Å². The Labute approximate surface area is 181 Å². The summed E-state index contributed by atoms with van der Waals surface area (Å²) in [5, 5.41) is 1.54. The maximum atomic E-state index is 13.3. The average Bonchev–Trinajstić information content (AvgIpc) is 3.16. The highest BCUT2D eigenvalue weighted by molar-refractivity contribution is 7.93. The molecule has 3 aromatic carbocycles. The van der Waals surface area contributed by atoms with Gasteiger partial charge in [0, 0.05) is 28.0 Å². The van der Waals surface area contributed by atoms with E-state index in [0.29, 0.717) is 16.6 Å². The molecule has 0 atom stereocenters. The van der Waals surface area contributed by atoms with Crippen LogP contribution in [0, 0.1) is 20.8 Å². The Morgan fingerprint density at radius 3 is 2.29 bits per heavy atom. The number of carbonyl (C=O) groups excluding carboxylic acids is 1. The van der Waals surface area contributed by atoms with E-state index < -0.39 is 10.0 Å². The van der Waals surface area contributed by atoms with Crippen LogP contribution >= 0.6 is 0 Å². The number of rotatable bonds is 4. The molecule has 0 aliphatic carbocycles. The molecule has 0 fully saturated rings. The lowest BCUT2D eigenvalue weighted by atomic mass is 10.1. The standard InChI is InChI=1S/C25H22N2O3S/c1-16-10-12-20(13-11-16)27-17(2)14-21(18(27)3)23(28)15-26-22-8-4-6-19-7-5-9-24(25(19)22)31(26,29)30/h4-14H,15H2,1-3H3. The number of benzene rings is 3. The summed E-state index contributed by atoms with van der Waals surface area (Å²) in [7, 11) is -3.77. The van der Waals surface area contributed by atoms with Crippen LogP contribution in [-0.4, -0.2) is 25.3 Å². The van der Waals surface area contributed by atoms with Crippen LogP contribution < -0.4 is 4.31 Å². The second kappa shape index (κ2) is 6.82. The Kier molecular flexibility index (Phi) is 4.31. The van der Waals surface area contributed by atoms with Crippen LogP contribution in [0.3, 0.4) is 0 Å². The first kappa shape index (κ1) is 19.6. The third kappa shape index (κ3) is 2.90. The molecule has 0 amide bonds. The van der Waals surface area contributed by atoms with E-state index in [1.807, 2.05) is 73.9 Å². The molecule has 4 aromatic rings. The van der Waals surface area contributed by atoms with Crippen molar-refractivity contribution in [2.24, 2.45) is 0 Å². The van der Waals surface area contributed by atoms with E-state index in [4.69, 9.17) is 0 Å². The first-order valence-corrected chi connectivity index (χ1v) is 11.6. The summed E-state index contributed by atoms with van der Waals surface area (Å²) < 4.78 is 29.7. The molecule has 5 rings (SSSR count). The van der Waals surface area contributed by atoms with Gasteiger partial charge in [-0.25, -0.2) is 8.42 Å². The molecule has 2 heterocycles. The van der Waals surface area contributed by atoms with Crippen molar-refractivity contribution in [1.29, 1.82) is 0 Å². The zero-order valence-corrected chi connectivity index (χ0v) is 18.4.